The summed E-state index contributed by atoms with van der Waals surface area (Å²) in [5.74, 6) is 1.62. The normalized spacial score (nSPS) is 27.0. The van der Waals surface area contributed by atoms with Gasteiger partial charge < -0.3 is 10.4 Å². The molecule has 0 aliphatic heterocycles. The van der Waals surface area contributed by atoms with Gasteiger partial charge in [0, 0.05) is 5.69 Å². The second-order valence-corrected chi connectivity index (χ2v) is 12.4. The summed E-state index contributed by atoms with van der Waals surface area (Å²) in [6.07, 6.45) is 8.08. The van der Waals surface area contributed by atoms with Crippen LogP contribution in [0.25, 0.3) is 0 Å². The third-order valence-electron chi connectivity index (χ3n) is 8.33. The summed E-state index contributed by atoms with van der Waals surface area (Å²) in [6, 6.07) is 20.1. The quantitative estimate of drug-likeness (QED) is 0.303. The van der Waals surface area contributed by atoms with Gasteiger partial charge in [0.2, 0.25) is 0 Å². The largest absolute Gasteiger partial charge is 0.478 e. The summed E-state index contributed by atoms with van der Waals surface area (Å²) in [6.45, 7) is 0. The van der Waals surface area contributed by atoms with Crippen LogP contribution in [0.5, 0.6) is 0 Å². The molecule has 3 aromatic carbocycles. The van der Waals surface area contributed by atoms with Crippen molar-refractivity contribution in [3.63, 3.8) is 0 Å². The molecule has 0 heterocycles. The minimum absolute atomic E-state index is 0.193. The highest BCUT2D eigenvalue weighted by Gasteiger charge is 2.51. The van der Waals surface area contributed by atoms with E-state index < -0.39 is 17.0 Å². The highest BCUT2D eigenvalue weighted by Crippen LogP contribution is 2.61. The number of rotatable bonds is 7. The Morgan fingerprint density at radius 3 is 2.14 bits per heavy atom. The van der Waals surface area contributed by atoms with Crippen LogP contribution in [0.4, 0.5) is 17.1 Å². The zero-order valence-electron chi connectivity index (χ0n) is 19.9. The SMILES string of the molecule is O=C(O)c1ccccc1Nc1ccc(S(=O)Nc2ccc(C34CC5CC(CC(C5)C3)C4)cc2Cl)cc1. The van der Waals surface area contributed by atoms with E-state index >= 15 is 0 Å². The lowest BCUT2D eigenvalue weighted by atomic mass is 9.48. The summed E-state index contributed by atoms with van der Waals surface area (Å²) in [5, 5.41) is 13.1. The van der Waals surface area contributed by atoms with E-state index in [0.29, 0.717) is 27.0 Å². The molecular weight excluding hydrogens is 492 g/mol. The smallest absolute Gasteiger partial charge is 0.337 e. The lowest BCUT2D eigenvalue weighted by Gasteiger charge is -2.57. The number of benzene rings is 3. The third kappa shape index (κ3) is 4.41. The molecule has 4 aliphatic carbocycles. The Balaban J connectivity index is 1.15. The first-order valence-corrected chi connectivity index (χ1v) is 14.1. The summed E-state index contributed by atoms with van der Waals surface area (Å²) in [7, 11) is -1.48. The Morgan fingerprint density at radius 2 is 1.53 bits per heavy atom. The molecule has 0 amide bonds. The molecule has 4 bridgehead atoms. The van der Waals surface area contributed by atoms with Gasteiger partial charge in [0.05, 0.1) is 26.9 Å². The van der Waals surface area contributed by atoms with Crippen LogP contribution in [0.15, 0.2) is 71.6 Å². The Morgan fingerprint density at radius 1 is 0.889 bits per heavy atom. The fourth-order valence-corrected chi connectivity index (χ4v) is 8.31. The summed E-state index contributed by atoms with van der Waals surface area (Å²) >= 11 is 6.70. The monoisotopic (exact) mass is 520 g/mol. The van der Waals surface area contributed by atoms with Crippen molar-refractivity contribution in [2.24, 2.45) is 17.8 Å². The zero-order valence-corrected chi connectivity index (χ0v) is 21.4. The Labute approximate surface area is 218 Å². The highest BCUT2D eigenvalue weighted by molar-refractivity contribution is 7.86. The molecule has 3 N–H and O–H groups in total. The number of carboxylic acid groups (broad SMARTS) is 1. The molecular formula is C29H29ClN2O3S. The van der Waals surface area contributed by atoms with Gasteiger partial charge in [0.25, 0.3) is 0 Å². The van der Waals surface area contributed by atoms with Crippen LogP contribution in [0.1, 0.15) is 54.4 Å². The molecule has 36 heavy (non-hydrogen) atoms. The van der Waals surface area contributed by atoms with E-state index in [0.717, 1.165) is 17.8 Å². The molecule has 4 saturated carbocycles. The van der Waals surface area contributed by atoms with Gasteiger partial charge in [-0.15, -0.1) is 0 Å². The van der Waals surface area contributed by atoms with Gasteiger partial charge in [0.15, 0.2) is 0 Å². The van der Waals surface area contributed by atoms with E-state index in [2.05, 4.69) is 22.2 Å². The number of carboxylic acids is 1. The molecule has 0 radical (unpaired) electrons. The Bertz CT molecular complexity index is 1310. The van der Waals surface area contributed by atoms with Crippen LogP contribution in [0.2, 0.25) is 5.02 Å². The van der Waals surface area contributed by atoms with E-state index in [9.17, 15) is 14.1 Å². The molecule has 1 unspecified atom stereocenters. The number of aromatic carboxylic acids is 1. The van der Waals surface area contributed by atoms with Gasteiger partial charge in [-0.25, -0.2) is 9.00 Å². The Kier molecular flexibility index (Phi) is 6.05. The molecule has 1 atom stereocenters. The minimum Gasteiger partial charge on any atom is -0.478 e. The molecule has 4 fully saturated rings. The molecule has 0 spiro atoms. The maximum atomic E-state index is 13.0. The van der Waals surface area contributed by atoms with Crippen LogP contribution < -0.4 is 10.0 Å². The van der Waals surface area contributed by atoms with E-state index in [1.807, 2.05) is 6.07 Å². The molecule has 4 aliphatic rings. The fraction of sp³-hybridized carbons (Fsp3) is 0.345. The van der Waals surface area contributed by atoms with Crippen LogP contribution in [0, 0.1) is 17.8 Å². The number of carbonyl (C=O) groups is 1. The maximum absolute atomic E-state index is 13.0. The average Bonchev–Trinajstić information content (AvgIpc) is 2.85. The van der Waals surface area contributed by atoms with Crippen molar-refractivity contribution in [1.82, 2.24) is 0 Å². The van der Waals surface area contributed by atoms with Crippen molar-refractivity contribution in [2.45, 2.75) is 48.8 Å². The lowest BCUT2D eigenvalue weighted by molar-refractivity contribution is -0.00517. The molecule has 5 nitrogen and oxygen atoms in total. The first kappa shape index (κ1) is 23.6. The number of anilines is 3. The van der Waals surface area contributed by atoms with Crippen molar-refractivity contribution in [3.8, 4) is 0 Å². The first-order valence-electron chi connectivity index (χ1n) is 12.6. The van der Waals surface area contributed by atoms with Crippen molar-refractivity contribution >= 4 is 45.6 Å². The Hall–Kier alpha value is -2.83. The summed E-state index contributed by atoms with van der Waals surface area (Å²) in [4.78, 5) is 12.0. The molecule has 0 aromatic heterocycles. The molecule has 3 aromatic rings. The van der Waals surface area contributed by atoms with Gasteiger partial charge in [-0.3, -0.25) is 4.72 Å². The predicted octanol–water partition coefficient (Wildman–Crippen LogP) is 7.38. The number of hydrogen-bond acceptors (Lipinski definition) is 3. The van der Waals surface area contributed by atoms with Gasteiger partial charge in [-0.2, -0.15) is 0 Å². The second-order valence-electron chi connectivity index (χ2n) is 10.8. The second kappa shape index (κ2) is 9.24. The third-order valence-corrected chi connectivity index (χ3v) is 9.75. The standard InChI is InChI=1S/C29H29ClN2O3S/c30-25-14-21(29-15-18-11-19(16-29)13-20(12-18)17-29)5-10-27(25)32-36(35)23-8-6-22(7-9-23)31-26-4-2-1-3-24(26)28(33)34/h1-10,14,18-20,31-32H,11-13,15-17H2,(H,33,34). The highest BCUT2D eigenvalue weighted by atomic mass is 35.5. The first-order chi connectivity index (χ1) is 17.4. The van der Waals surface area contributed by atoms with Crippen molar-refractivity contribution in [3.05, 3.63) is 82.9 Å². The van der Waals surface area contributed by atoms with Crippen LogP contribution in [0.3, 0.4) is 0 Å². The van der Waals surface area contributed by atoms with Crippen LogP contribution in [-0.4, -0.2) is 15.3 Å². The van der Waals surface area contributed by atoms with Crippen molar-refractivity contribution < 1.29 is 14.1 Å². The molecule has 186 valence electrons. The number of hydrogen-bond donors (Lipinski definition) is 3. The van der Waals surface area contributed by atoms with Crippen LogP contribution in [-0.2, 0) is 16.4 Å². The van der Waals surface area contributed by atoms with Crippen LogP contribution >= 0.6 is 11.6 Å². The fourth-order valence-electron chi connectivity index (χ4n) is 7.15. The van der Waals surface area contributed by atoms with E-state index in [4.69, 9.17) is 11.6 Å². The average molecular weight is 521 g/mol. The molecule has 0 saturated heterocycles. The van der Waals surface area contributed by atoms with E-state index in [1.165, 1.54) is 44.1 Å². The minimum atomic E-state index is -1.48. The summed E-state index contributed by atoms with van der Waals surface area (Å²) < 4.78 is 16.1. The number of nitrogens with one attached hydrogen (secondary N) is 2. The summed E-state index contributed by atoms with van der Waals surface area (Å²) in [5.41, 5.74) is 3.70. The zero-order chi connectivity index (χ0) is 24.9. The van der Waals surface area contributed by atoms with Crippen molar-refractivity contribution in [1.29, 1.82) is 0 Å². The van der Waals surface area contributed by atoms with Gasteiger partial charge in [-0.1, -0.05) is 29.8 Å². The van der Waals surface area contributed by atoms with Gasteiger partial charge >= 0.3 is 5.97 Å². The molecule has 7 heteroatoms. The molecule has 7 rings (SSSR count). The van der Waals surface area contributed by atoms with E-state index in [1.54, 1.807) is 48.5 Å². The van der Waals surface area contributed by atoms with Gasteiger partial charge in [0.1, 0.15) is 11.0 Å². The van der Waals surface area contributed by atoms with Crippen molar-refractivity contribution in [2.75, 3.05) is 10.0 Å². The van der Waals surface area contributed by atoms with E-state index in [-0.39, 0.29) is 11.0 Å². The number of halogens is 1. The number of para-hydroxylation sites is 1. The predicted molar refractivity (Wildman–Crippen MR) is 144 cm³/mol. The maximum Gasteiger partial charge on any atom is 0.337 e. The lowest BCUT2D eigenvalue weighted by Crippen LogP contribution is -2.48. The van der Waals surface area contributed by atoms with Gasteiger partial charge in [-0.05, 0) is 116 Å². The topological polar surface area (TPSA) is 78.4 Å².